The molecule has 6 heteroatoms. The number of carbonyl (C=O) groups excluding carboxylic acids is 2. The van der Waals surface area contributed by atoms with Crippen LogP contribution in [-0.2, 0) is 4.79 Å². The van der Waals surface area contributed by atoms with Crippen LogP contribution >= 0.6 is 0 Å². The Balaban J connectivity index is 1.83. The van der Waals surface area contributed by atoms with Crippen molar-refractivity contribution < 1.29 is 19.5 Å². The van der Waals surface area contributed by atoms with E-state index in [9.17, 15) is 19.5 Å². The number of rotatable bonds is 7. The van der Waals surface area contributed by atoms with Crippen molar-refractivity contribution in [2.75, 3.05) is 11.9 Å². The summed E-state index contributed by atoms with van der Waals surface area (Å²) >= 11 is 0. The molecular weight excluding hydrogens is 404 g/mol. The van der Waals surface area contributed by atoms with Crippen LogP contribution in [0.25, 0.3) is 16.3 Å². The van der Waals surface area contributed by atoms with Crippen LogP contribution < -0.4 is 10.6 Å². The van der Waals surface area contributed by atoms with Gasteiger partial charge in [-0.05, 0) is 59.0 Å². The van der Waals surface area contributed by atoms with Gasteiger partial charge in [0.1, 0.15) is 0 Å². The van der Waals surface area contributed by atoms with Crippen LogP contribution in [0.1, 0.15) is 47.1 Å². The molecule has 0 unspecified atom stereocenters. The zero-order valence-electron chi connectivity index (χ0n) is 18.3. The highest BCUT2D eigenvalue weighted by molar-refractivity contribution is 6.08. The van der Waals surface area contributed by atoms with Gasteiger partial charge in [0.15, 0.2) is 0 Å². The number of fused-ring (bicyclic) bond motifs is 1. The van der Waals surface area contributed by atoms with Gasteiger partial charge in [-0.1, -0.05) is 50.2 Å². The van der Waals surface area contributed by atoms with Crippen molar-refractivity contribution in [2.24, 2.45) is 5.92 Å². The number of hydrogen-bond donors (Lipinski definition) is 3. The molecule has 0 radical (unpaired) electrons. The van der Waals surface area contributed by atoms with Gasteiger partial charge in [-0.15, -0.1) is 0 Å². The second-order valence-corrected chi connectivity index (χ2v) is 8.05. The van der Waals surface area contributed by atoms with Gasteiger partial charge < -0.3 is 15.7 Å². The average Bonchev–Trinajstić information content (AvgIpc) is 2.76. The monoisotopic (exact) mass is 430 g/mol. The lowest BCUT2D eigenvalue weighted by Gasteiger charge is -2.12. The number of carboxylic acids is 1. The highest BCUT2D eigenvalue weighted by atomic mass is 16.4. The van der Waals surface area contributed by atoms with Crippen molar-refractivity contribution in [3.05, 3.63) is 83.4 Å². The molecule has 0 fully saturated rings. The summed E-state index contributed by atoms with van der Waals surface area (Å²) in [6, 6.07) is 18.0. The predicted molar refractivity (Wildman–Crippen MR) is 127 cm³/mol. The maximum atomic E-state index is 12.6. The summed E-state index contributed by atoms with van der Waals surface area (Å²) in [7, 11) is 0. The first kappa shape index (κ1) is 22.7. The van der Waals surface area contributed by atoms with Crippen LogP contribution in [0.2, 0.25) is 0 Å². The molecule has 2 amide bonds. The molecule has 0 spiro atoms. The van der Waals surface area contributed by atoms with Crippen LogP contribution in [0.4, 0.5) is 5.69 Å². The SMILES string of the molecule is CC(=CC(=O)Nc1cc(C(=O)NCC(C)C)ccc1C(=O)O)c1ccc2ccccc2c1. The molecule has 0 atom stereocenters. The third-order valence-electron chi connectivity index (χ3n) is 4.99. The van der Waals surface area contributed by atoms with Crippen molar-refractivity contribution in [1.29, 1.82) is 0 Å². The van der Waals surface area contributed by atoms with Gasteiger partial charge in [-0.3, -0.25) is 9.59 Å². The minimum absolute atomic E-state index is 0.0715. The molecule has 3 aromatic carbocycles. The molecule has 3 rings (SSSR count). The van der Waals surface area contributed by atoms with Gasteiger partial charge in [0.05, 0.1) is 11.3 Å². The smallest absolute Gasteiger partial charge is 0.337 e. The number of carbonyl (C=O) groups is 3. The molecular formula is C26H26N2O4. The van der Waals surface area contributed by atoms with Gasteiger partial charge in [0.25, 0.3) is 5.91 Å². The number of carboxylic acid groups (broad SMARTS) is 1. The lowest BCUT2D eigenvalue weighted by atomic mass is 10.0. The van der Waals surface area contributed by atoms with Crippen molar-refractivity contribution in [3.8, 4) is 0 Å². The first-order valence-corrected chi connectivity index (χ1v) is 10.4. The lowest BCUT2D eigenvalue weighted by Crippen LogP contribution is -2.27. The van der Waals surface area contributed by atoms with E-state index in [0.717, 1.165) is 21.9 Å². The van der Waals surface area contributed by atoms with E-state index in [2.05, 4.69) is 10.6 Å². The minimum Gasteiger partial charge on any atom is -0.478 e. The van der Waals surface area contributed by atoms with Crippen LogP contribution in [0.15, 0.2) is 66.7 Å². The highest BCUT2D eigenvalue weighted by Crippen LogP contribution is 2.22. The summed E-state index contributed by atoms with van der Waals surface area (Å²) in [5.41, 5.74) is 1.88. The van der Waals surface area contributed by atoms with Crippen LogP contribution in [0.3, 0.4) is 0 Å². The van der Waals surface area contributed by atoms with E-state index < -0.39 is 11.9 Å². The van der Waals surface area contributed by atoms with E-state index in [1.807, 2.05) is 63.2 Å². The first-order chi connectivity index (χ1) is 15.2. The van der Waals surface area contributed by atoms with Crippen molar-refractivity contribution >= 4 is 39.8 Å². The van der Waals surface area contributed by atoms with Gasteiger partial charge in [0.2, 0.25) is 5.91 Å². The Bertz CT molecular complexity index is 1210. The van der Waals surface area contributed by atoms with Crippen molar-refractivity contribution in [3.63, 3.8) is 0 Å². The van der Waals surface area contributed by atoms with E-state index in [-0.39, 0.29) is 28.6 Å². The fourth-order valence-electron chi connectivity index (χ4n) is 3.26. The zero-order valence-corrected chi connectivity index (χ0v) is 18.3. The Morgan fingerprint density at radius 2 is 1.62 bits per heavy atom. The molecule has 0 saturated carbocycles. The summed E-state index contributed by atoms with van der Waals surface area (Å²) in [5, 5.41) is 17.0. The molecule has 0 aliphatic rings. The Morgan fingerprint density at radius 1 is 0.938 bits per heavy atom. The molecule has 3 aromatic rings. The maximum absolute atomic E-state index is 12.6. The fourth-order valence-corrected chi connectivity index (χ4v) is 3.26. The Morgan fingerprint density at radius 3 is 2.31 bits per heavy atom. The molecule has 0 aliphatic heterocycles. The van der Waals surface area contributed by atoms with Crippen molar-refractivity contribution in [1.82, 2.24) is 5.32 Å². The molecule has 0 saturated heterocycles. The standard InChI is InChI=1S/C26H26N2O4/c1-16(2)15-27-25(30)21-10-11-22(26(31)32)23(14-21)28-24(29)12-17(3)19-9-8-18-6-4-5-7-20(18)13-19/h4-14,16H,15H2,1-3H3,(H,27,30)(H,28,29)(H,31,32). The maximum Gasteiger partial charge on any atom is 0.337 e. The van der Waals surface area contributed by atoms with Crippen LogP contribution in [0.5, 0.6) is 0 Å². The lowest BCUT2D eigenvalue weighted by molar-refractivity contribution is -0.111. The summed E-state index contributed by atoms with van der Waals surface area (Å²) in [6.07, 6.45) is 1.42. The topological polar surface area (TPSA) is 95.5 Å². The number of benzene rings is 3. The molecule has 0 aromatic heterocycles. The molecule has 6 nitrogen and oxygen atoms in total. The van der Waals surface area contributed by atoms with E-state index in [4.69, 9.17) is 0 Å². The third-order valence-corrected chi connectivity index (χ3v) is 4.99. The summed E-state index contributed by atoms with van der Waals surface area (Å²) in [5.74, 6) is -1.71. The number of anilines is 1. The third kappa shape index (κ3) is 5.60. The average molecular weight is 431 g/mol. The number of amides is 2. The largest absolute Gasteiger partial charge is 0.478 e. The zero-order chi connectivity index (χ0) is 23.3. The number of allylic oxidation sites excluding steroid dienone is 1. The van der Waals surface area contributed by atoms with E-state index >= 15 is 0 Å². The minimum atomic E-state index is -1.19. The quantitative estimate of drug-likeness (QED) is 0.461. The number of nitrogens with one attached hydrogen (secondary N) is 2. The molecule has 164 valence electrons. The Labute approximate surface area is 187 Å². The second kappa shape index (κ2) is 9.92. The Hall–Kier alpha value is -3.93. The Kier molecular flexibility index (Phi) is 7.05. The van der Waals surface area contributed by atoms with E-state index in [1.54, 1.807) is 0 Å². The summed E-state index contributed by atoms with van der Waals surface area (Å²) in [6.45, 7) is 6.26. The molecule has 0 bridgehead atoms. The van der Waals surface area contributed by atoms with Crippen LogP contribution in [-0.4, -0.2) is 29.4 Å². The fraction of sp³-hybridized carbons (Fsp3) is 0.192. The highest BCUT2D eigenvalue weighted by Gasteiger charge is 2.16. The van der Waals surface area contributed by atoms with Gasteiger partial charge in [0, 0.05) is 18.2 Å². The first-order valence-electron chi connectivity index (χ1n) is 10.4. The second-order valence-electron chi connectivity index (χ2n) is 8.05. The number of aromatic carboxylic acids is 1. The van der Waals surface area contributed by atoms with E-state index in [0.29, 0.717) is 6.54 Å². The van der Waals surface area contributed by atoms with Crippen LogP contribution in [0, 0.1) is 5.92 Å². The van der Waals surface area contributed by atoms with Gasteiger partial charge in [-0.25, -0.2) is 4.79 Å². The summed E-state index contributed by atoms with van der Waals surface area (Å²) in [4.78, 5) is 36.6. The van der Waals surface area contributed by atoms with Gasteiger partial charge in [-0.2, -0.15) is 0 Å². The normalized spacial score (nSPS) is 11.4. The van der Waals surface area contributed by atoms with E-state index in [1.165, 1.54) is 24.3 Å². The molecule has 3 N–H and O–H groups in total. The summed E-state index contributed by atoms with van der Waals surface area (Å²) < 4.78 is 0. The molecule has 0 heterocycles. The number of hydrogen-bond acceptors (Lipinski definition) is 3. The van der Waals surface area contributed by atoms with Gasteiger partial charge >= 0.3 is 5.97 Å². The van der Waals surface area contributed by atoms with Crippen molar-refractivity contribution in [2.45, 2.75) is 20.8 Å². The molecule has 0 aliphatic carbocycles. The molecule has 32 heavy (non-hydrogen) atoms. The predicted octanol–water partition coefficient (Wildman–Crippen LogP) is 4.97.